The van der Waals surface area contributed by atoms with E-state index in [0.717, 1.165) is 11.1 Å². The Bertz CT molecular complexity index is 500. The molecule has 5 nitrogen and oxygen atoms in total. The van der Waals surface area contributed by atoms with Crippen LogP contribution in [0.1, 0.15) is 11.1 Å². The molecule has 0 aliphatic heterocycles. The number of aryl methyl sites for hydroxylation is 2. The molecule has 0 atom stereocenters. The first-order chi connectivity index (χ1) is 8.40. The van der Waals surface area contributed by atoms with Crippen molar-refractivity contribution in [3.63, 3.8) is 0 Å². The van der Waals surface area contributed by atoms with E-state index in [1.54, 1.807) is 6.07 Å². The van der Waals surface area contributed by atoms with Crippen molar-refractivity contribution >= 4 is 34.7 Å². The minimum absolute atomic E-state index is 0.00832. The Morgan fingerprint density at radius 3 is 2.56 bits per heavy atom. The highest BCUT2D eigenvalue weighted by Gasteiger charge is 2.14. The van der Waals surface area contributed by atoms with Gasteiger partial charge in [-0.3, -0.25) is 9.59 Å². The van der Waals surface area contributed by atoms with Crippen LogP contribution in [0.3, 0.4) is 0 Å². The van der Waals surface area contributed by atoms with Crippen LogP contribution < -0.4 is 16.4 Å². The first kappa shape index (κ1) is 14.1. The molecule has 0 heterocycles. The minimum atomic E-state index is -0.760. The molecule has 0 radical (unpaired) electrons. The van der Waals surface area contributed by atoms with Crippen molar-refractivity contribution in [2.45, 2.75) is 13.8 Å². The Morgan fingerprint density at radius 1 is 1.28 bits per heavy atom. The molecule has 0 aromatic heterocycles. The molecule has 0 saturated carbocycles. The van der Waals surface area contributed by atoms with Gasteiger partial charge in [0.05, 0.1) is 11.5 Å². The van der Waals surface area contributed by atoms with Crippen LogP contribution in [0.15, 0.2) is 18.2 Å². The van der Waals surface area contributed by atoms with Crippen molar-refractivity contribution in [3.8, 4) is 0 Å². The maximum absolute atomic E-state index is 11.6. The average Bonchev–Trinajstić information content (AvgIpc) is 2.30. The van der Waals surface area contributed by atoms with Crippen LogP contribution in [-0.4, -0.2) is 23.3 Å². The van der Waals surface area contributed by atoms with E-state index in [1.807, 2.05) is 26.0 Å². The van der Waals surface area contributed by atoms with E-state index in [0.29, 0.717) is 5.69 Å². The standard InChI is InChI=1S/C12H15N3O2S/c1-7-3-4-8(2)9(5-7)15-12(17)11(16)14-6-10(13)18/h3-5H,6H2,1-2H3,(H2,13,18)(H,14,16)(H,15,17). The van der Waals surface area contributed by atoms with E-state index >= 15 is 0 Å². The SMILES string of the molecule is Cc1ccc(C)c(NC(=O)C(=O)NCC(N)=S)c1. The van der Waals surface area contributed by atoms with Gasteiger partial charge in [-0.1, -0.05) is 24.4 Å². The minimum Gasteiger partial charge on any atom is -0.392 e. The summed E-state index contributed by atoms with van der Waals surface area (Å²) in [6.07, 6.45) is 0. The summed E-state index contributed by atoms with van der Waals surface area (Å²) in [5.74, 6) is -1.50. The molecule has 0 saturated heterocycles. The number of anilines is 1. The number of hydrogen-bond donors (Lipinski definition) is 3. The lowest BCUT2D eigenvalue weighted by atomic mass is 10.1. The second-order valence-corrected chi connectivity index (χ2v) is 4.45. The van der Waals surface area contributed by atoms with Gasteiger partial charge in [-0.15, -0.1) is 0 Å². The summed E-state index contributed by atoms with van der Waals surface area (Å²) in [5, 5.41) is 4.86. The lowest BCUT2D eigenvalue weighted by Gasteiger charge is -2.09. The molecule has 2 amide bonds. The van der Waals surface area contributed by atoms with Gasteiger partial charge in [0.25, 0.3) is 0 Å². The summed E-state index contributed by atoms with van der Waals surface area (Å²) in [6, 6.07) is 5.60. The highest BCUT2D eigenvalue weighted by atomic mass is 32.1. The molecular weight excluding hydrogens is 250 g/mol. The number of nitrogens with two attached hydrogens (primary N) is 1. The summed E-state index contributed by atoms with van der Waals surface area (Å²) in [4.78, 5) is 23.1. The quantitative estimate of drug-likeness (QED) is 0.553. The fraction of sp³-hybridized carbons (Fsp3) is 0.250. The van der Waals surface area contributed by atoms with E-state index in [9.17, 15) is 9.59 Å². The van der Waals surface area contributed by atoms with Crippen LogP contribution in [0, 0.1) is 13.8 Å². The zero-order valence-electron chi connectivity index (χ0n) is 10.2. The smallest absolute Gasteiger partial charge is 0.313 e. The van der Waals surface area contributed by atoms with Crippen LogP contribution in [-0.2, 0) is 9.59 Å². The van der Waals surface area contributed by atoms with Gasteiger partial charge in [0.15, 0.2) is 0 Å². The highest BCUT2D eigenvalue weighted by molar-refractivity contribution is 7.80. The zero-order chi connectivity index (χ0) is 13.7. The second kappa shape index (κ2) is 6.11. The van der Waals surface area contributed by atoms with Gasteiger partial charge in [0.2, 0.25) is 0 Å². The van der Waals surface area contributed by atoms with Crippen molar-refractivity contribution in [1.82, 2.24) is 5.32 Å². The molecule has 96 valence electrons. The molecule has 1 aromatic rings. The summed E-state index contributed by atoms with van der Waals surface area (Å²) < 4.78 is 0. The molecule has 0 aliphatic carbocycles. The largest absolute Gasteiger partial charge is 0.392 e. The van der Waals surface area contributed by atoms with Crippen LogP contribution in [0.5, 0.6) is 0 Å². The zero-order valence-corrected chi connectivity index (χ0v) is 11.1. The Hall–Kier alpha value is -1.95. The van der Waals surface area contributed by atoms with Gasteiger partial charge in [-0.05, 0) is 31.0 Å². The van der Waals surface area contributed by atoms with Gasteiger partial charge >= 0.3 is 11.8 Å². The predicted molar refractivity (Wildman–Crippen MR) is 74.3 cm³/mol. The third kappa shape index (κ3) is 4.14. The maximum Gasteiger partial charge on any atom is 0.313 e. The van der Waals surface area contributed by atoms with Crippen LogP contribution >= 0.6 is 12.2 Å². The number of hydrogen-bond acceptors (Lipinski definition) is 3. The van der Waals surface area contributed by atoms with Crippen molar-refractivity contribution < 1.29 is 9.59 Å². The van der Waals surface area contributed by atoms with Crippen LogP contribution in [0.25, 0.3) is 0 Å². The first-order valence-electron chi connectivity index (χ1n) is 5.35. The fourth-order valence-corrected chi connectivity index (χ4v) is 1.37. The van der Waals surface area contributed by atoms with Gasteiger partial charge in [-0.2, -0.15) is 0 Å². The number of amides is 2. The summed E-state index contributed by atoms with van der Waals surface area (Å²) >= 11 is 4.60. The second-order valence-electron chi connectivity index (χ2n) is 3.92. The third-order valence-electron chi connectivity index (χ3n) is 2.27. The Morgan fingerprint density at radius 2 is 1.94 bits per heavy atom. The first-order valence-corrected chi connectivity index (χ1v) is 5.75. The van der Waals surface area contributed by atoms with Crippen LogP contribution in [0.2, 0.25) is 0 Å². The van der Waals surface area contributed by atoms with Crippen molar-refractivity contribution in [1.29, 1.82) is 0 Å². The van der Waals surface area contributed by atoms with Crippen molar-refractivity contribution in [2.75, 3.05) is 11.9 Å². The molecule has 1 rings (SSSR count). The van der Waals surface area contributed by atoms with Crippen molar-refractivity contribution in [2.24, 2.45) is 5.73 Å². The highest BCUT2D eigenvalue weighted by Crippen LogP contribution is 2.15. The molecule has 6 heteroatoms. The maximum atomic E-state index is 11.6. The Labute approximate surface area is 111 Å². The fourth-order valence-electron chi connectivity index (χ4n) is 1.30. The number of rotatable bonds is 3. The molecule has 18 heavy (non-hydrogen) atoms. The molecule has 0 unspecified atom stereocenters. The van der Waals surface area contributed by atoms with Crippen LogP contribution in [0.4, 0.5) is 5.69 Å². The van der Waals surface area contributed by atoms with Crippen molar-refractivity contribution in [3.05, 3.63) is 29.3 Å². The molecule has 0 bridgehead atoms. The van der Waals surface area contributed by atoms with E-state index < -0.39 is 11.8 Å². The summed E-state index contributed by atoms with van der Waals surface area (Å²) in [7, 11) is 0. The van der Waals surface area contributed by atoms with Gasteiger partial charge in [0.1, 0.15) is 0 Å². The van der Waals surface area contributed by atoms with E-state index in [1.165, 1.54) is 0 Å². The molecule has 4 N–H and O–H groups in total. The van der Waals surface area contributed by atoms with E-state index in [2.05, 4.69) is 22.9 Å². The van der Waals surface area contributed by atoms with Gasteiger partial charge in [-0.25, -0.2) is 0 Å². The predicted octanol–water partition coefficient (Wildman–Crippen LogP) is 0.644. The third-order valence-corrected chi connectivity index (χ3v) is 2.42. The van der Waals surface area contributed by atoms with Gasteiger partial charge < -0.3 is 16.4 Å². The number of nitrogens with one attached hydrogen (secondary N) is 2. The molecule has 1 aromatic carbocycles. The lowest BCUT2D eigenvalue weighted by molar-refractivity contribution is -0.135. The monoisotopic (exact) mass is 265 g/mol. The number of carbonyl (C=O) groups is 2. The Balaban J connectivity index is 2.66. The normalized spacial score (nSPS) is 9.67. The molecule has 0 aliphatic rings. The van der Waals surface area contributed by atoms with Gasteiger partial charge in [0, 0.05) is 5.69 Å². The topological polar surface area (TPSA) is 84.2 Å². The molecular formula is C12H15N3O2S. The number of carbonyl (C=O) groups excluding carboxylic acids is 2. The summed E-state index contributed by atoms with van der Waals surface area (Å²) in [6.45, 7) is 3.76. The molecule has 0 fully saturated rings. The van der Waals surface area contributed by atoms with E-state index in [4.69, 9.17) is 5.73 Å². The number of thiocarbonyl (C=S) groups is 1. The Kier molecular flexibility index (Phi) is 4.79. The average molecular weight is 265 g/mol. The summed E-state index contributed by atoms with van der Waals surface area (Å²) in [5.41, 5.74) is 7.72. The number of benzene rings is 1. The van der Waals surface area contributed by atoms with E-state index in [-0.39, 0.29) is 11.5 Å². The molecule has 0 spiro atoms. The lowest BCUT2D eigenvalue weighted by Crippen LogP contribution is -2.39.